The average molecular weight is 292 g/mol. The minimum Gasteiger partial charge on any atom is -0.347 e. The van der Waals surface area contributed by atoms with Crippen molar-refractivity contribution in [3.63, 3.8) is 0 Å². The summed E-state index contributed by atoms with van der Waals surface area (Å²) in [6.07, 6.45) is 5.81. The molecule has 1 aromatic heterocycles. The van der Waals surface area contributed by atoms with Crippen LogP contribution >= 0.6 is 0 Å². The highest BCUT2D eigenvalue weighted by molar-refractivity contribution is 5.63. The molecule has 0 amide bonds. The average Bonchev–Trinajstić information content (AvgIpc) is 2.89. The molecule has 1 aliphatic carbocycles. The van der Waals surface area contributed by atoms with Crippen molar-refractivity contribution in [1.29, 1.82) is 0 Å². The second kappa shape index (κ2) is 5.44. The van der Waals surface area contributed by atoms with E-state index in [2.05, 4.69) is 20.3 Å². The highest BCUT2D eigenvalue weighted by Gasteiger charge is 2.40. The molecule has 0 bridgehead atoms. The van der Waals surface area contributed by atoms with Gasteiger partial charge < -0.3 is 4.90 Å². The van der Waals surface area contributed by atoms with E-state index >= 15 is 0 Å². The van der Waals surface area contributed by atoms with Gasteiger partial charge in [-0.25, -0.2) is 10.8 Å². The zero-order valence-corrected chi connectivity index (χ0v) is 12.1. The van der Waals surface area contributed by atoms with E-state index in [9.17, 15) is 10.1 Å². The molecule has 2 aliphatic rings. The van der Waals surface area contributed by atoms with E-state index in [0.717, 1.165) is 19.4 Å². The number of aryl methyl sites for hydroxylation is 1. The van der Waals surface area contributed by atoms with E-state index in [-0.39, 0.29) is 16.6 Å². The van der Waals surface area contributed by atoms with Crippen LogP contribution in [0.3, 0.4) is 0 Å². The van der Waals surface area contributed by atoms with Crippen LogP contribution in [-0.2, 0) is 0 Å². The number of nitrogens with one attached hydrogen (secondary N) is 1. The van der Waals surface area contributed by atoms with Gasteiger partial charge in [-0.3, -0.25) is 15.5 Å². The minimum absolute atomic E-state index is 0.000207. The van der Waals surface area contributed by atoms with Crippen LogP contribution in [0.1, 0.15) is 37.8 Å². The Morgan fingerprint density at radius 1 is 1.33 bits per heavy atom. The monoisotopic (exact) mass is 292 g/mol. The summed E-state index contributed by atoms with van der Waals surface area (Å²) in [5, 5.41) is 11.4. The normalized spacial score (nSPS) is 24.8. The number of aromatic nitrogens is 2. The Morgan fingerprint density at radius 2 is 2.10 bits per heavy atom. The Labute approximate surface area is 122 Å². The molecule has 2 heterocycles. The third kappa shape index (κ3) is 2.39. The Kier molecular flexibility index (Phi) is 3.62. The number of rotatable bonds is 3. The first-order chi connectivity index (χ1) is 10.1. The van der Waals surface area contributed by atoms with Crippen molar-refractivity contribution >= 4 is 17.5 Å². The summed E-state index contributed by atoms with van der Waals surface area (Å²) in [4.78, 5) is 21.4. The largest absolute Gasteiger partial charge is 0.347 e. The second-order valence-corrected chi connectivity index (χ2v) is 5.80. The number of fused-ring (bicyclic) bond motifs is 1. The first-order valence-electron chi connectivity index (χ1n) is 7.38. The van der Waals surface area contributed by atoms with Gasteiger partial charge in [-0.05, 0) is 32.1 Å². The summed E-state index contributed by atoms with van der Waals surface area (Å²) >= 11 is 0. The summed E-state index contributed by atoms with van der Waals surface area (Å²) < 4.78 is 0. The lowest BCUT2D eigenvalue weighted by Gasteiger charge is -2.32. The van der Waals surface area contributed by atoms with Crippen molar-refractivity contribution in [2.45, 2.75) is 45.1 Å². The molecule has 0 aromatic carbocycles. The van der Waals surface area contributed by atoms with Crippen LogP contribution in [0, 0.1) is 23.0 Å². The van der Waals surface area contributed by atoms with Gasteiger partial charge in [0.25, 0.3) is 0 Å². The molecule has 2 unspecified atom stereocenters. The summed E-state index contributed by atoms with van der Waals surface area (Å²) in [7, 11) is 0. The Bertz CT molecular complexity index is 564. The van der Waals surface area contributed by atoms with Crippen molar-refractivity contribution in [1.82, 2.24) is 9.97 Å². The number of nitrogens with zero attached hydrogens (tertiary/aromatic N) is 4. The van der Waals surface area contributed by atoms with Gasteiger partial charge in [0.2, 0.25) is 11.8 Å². The van der Waals surface area contributed by atoms with Gasteiger partial charge in [-0.15, -0.1) is 0 Å². The van der Waals surface area contributed by atoms with Crippen molar-refractivity contribution in [2.24, 2.45) is 11.8 Å². The van der Waals surface area contributed by atoms with Gasteiger partial charge in [0.1, 0.15) is 5.69 Å². The van der Waals surface area contributed by atoms with Crippen LogP contribution in [-0.4, -0.2) is 27.5 Å². The lowest BCUT2D eigenvalue weighted by atomic mass is 9.85. The fourth-order valence-electron chi connectivity index (χ4n) is 3.70. The summed E-state index contributed by atoms with van der Waals surface area (Å²) in [5.74, 6) is 6.65. The Hall–Kier alpha value is -1.96. The molecule has 8 nitrogen and oxygen atoms in total. The highest BCUT2D eigenvalue weighted by atomic mass is 16.6. The lowest BCUT2D eigenvalue weighted by molar-refractivity contribution is -0.385. The van der Waals surface area contributed by atoms with Crippen molar-refractivity contribution < 1.29 is 4.92 Å². The van der Waals surface area contributed by atoms with Crippen LogP contribution in [0.2, 0.25) is 0 Å². The van der Waals surface area contributed by atoms with E-state index < -0.39 is 0 Å². The molecule has 2 fully saturated rings. The van der Waals surface area contributed by atoms with E-state index in [1.54, 1.807) is 6.92 Å². The molecule has 8 heteroatoms. The highest BCUT2D eigenvalue weighted by Crippen LogP contribution is 2.41. The van der Waals surface area contributed by atoms with E-state index in [1.807, 2.05) is 0 Å². The van der Waals surface area contributed by atoms with Gasteiger partial charge in [0, 0.05) is 12.6 Å². The third-order valence-electron chi connectivity index (χ3n) is 4.63. The van der Waals surface area contributed by atoms with E-state index in [1.165, 1.54) is 19.3 Å². The number of hydrogen-bond donors (Lipinski definition) is 2. The molecule has 3 N–H and O–H groups in total. The Balaban J connectivity index is 2.04. The predicted octanol–water partition coefficient (Wildman–Crippen LogP) is 1.75. The maximum absolute atomic E-state index is 11.4. The minimum atomic E-state index is -0.388. The third-order valence-corrected chi connectivity index (χ3v) is 4.63. The van der Waals surface area contributed by atoms with Gasteiger partial charge in [0.15, 0.2) is 0 Å². The molecule has 1 aromatic rings. The number of hydrazine groups is 1. The smallest absolute Gasteiger partial charge is 0.332 e. The van der Waals surface area contributed by atoms with Crippen LogP contribution in [0.4, 0.5) is 17.5 Å². The zero-order valence-electron chi connectivity index (χ0n) is 12.1. The molecule has 3 rings (SSSR count). The fraction of sp³-hybridized carbons (Fsp3) is 0.692. The Morgan fingerprint density at radius 3 is 2.81 bits per heavy atom. The van der Waals surface area contributed by atoms with Gasteiger partial charge in [-0.2, -0.15) is 4.98 Å². The number of nitro groups is 1. The maximum Gasteiger partial charge on any atom is 0.332 e. The van der Waals surface area contributed by atoms with Crippen molar-refractivity contribution in [3.8, 4) is 0 Å². The predicted molar refractivity (Wildman–Crippen MR) is 78.9 cm³/mol. The van der Waals surface area contributed by atoms with E-state index in [0.29, 0.717) is 23.5 Å². The van der Waals surface area contributed by atoms with E-state index in [4.69, 9.17) is 5.84 Å². The van der Waals surface area contributed by atoms with Crippen molar-refractivity contribution in [3.05, 3.63) is 15.8 Å². The van der Waals surface area contributed by atoms with Crippen LogP contribution < -0.4 is 16.2 Å². The molecular weight excluding hydrogens is 272 g/mol. The zero-order chi connectivity index (χ0) is 15.0. The molecular formula is C13H20N6O2. The topological polar surface area (TPSA) is 110 Å². The molecule has 1 saturated heterocycles. The molecule has 0 spiro atoms. The van der Waals surface area contributed by atoms with Crippen molar-refractivity contribution in [2.75, 3.05) is 16.9 Å². The molecule has 0 radical (unpaired) electrons. The van der Waals surface area contributed by atoms with Gasteiger partial charge in [-0.1, -0.05) is 12.8 Å². The lowest BCUT2D eigenvalue weighted by Crippen LogP contribution is -2.36. The molecule has 1 saturated carbocycles. The molecule has 114 valence electrons. The molecule has 2 atom stereocenters. The standard InChI is InChI=1S/C13H20N6O2/c1-8-11(19(20)21)12(16-13(15-8)17-14)18-7-6-9-4-2-3-5-10(9)18/h9-10H,2-7,14H2,1H3,(H,15,16,17). The number of hydrogen-bond acceptors (Lipinski definition) is 7. The SMILES string of the molecule is Cc1nc(NN)nc(N2CCC3CCCCC32)c1[N+](=O)[O-]. The number of anilines is 2. The molecule has 1 aliphatic heterocycles. The van der Waals surface area contributed by atoms with Gasteiger partial charge in [0.05, 0.1) is 4.92 Å². The summed E-state index contributed by atoms with van der Waals surface area (Å²) in [6.45, 7) is 2.44. The first kappa shape index (κ1) is 14.0. The summed E-state index contributed by atoms with van der Waals surface area (Å²) in [6, 6.07) is 0.359. The van der Waals surface area contributed by atoms with Crippen LogP contribution in [0.15, 0.2) is 0 Å². The summed E-state index contributed by atoms with van der Waals surface area (Å²) in [5.41, 5.74) is 2.74. The van der Waals surface area contributed by atoms with Crippen LogP contribution in [0.25, 0.3) is 0 Å². The number of nitrogen functional groups attached to an aromatic ring is 1. The first-order valence-corrected chi connectivity index (χ1v) is 7.38. The van der Waals surface area contributed by atoms with Crippen LogP contribution in [0.5, 0.6) is 0 Å². The number of nitrogens with two attached hydrogens (primary N) is 1. The quantitative estimate of drug-likeness (QED) is 0.496. The fourth-order valence-corrected chi connectivity index (χ4v) is 3.70. The molecule has 21 heavy (non-hydrogen) atoms. The van der Waals surface area contributed by atoms with Gasteiger partial charge >= 0.3 is 5.69 Å². The second-order valence-electron chi connectivity index (χ2n) is 5.80. The maximum atomic E-state index is 11.4.